The lowest BCUT2D eigenvalue weighted by atomic mass is 10.3. The number of hydrogen-bond donors (Lipinski definition) is 1. The second kappa shape index (κ2) is 5.35. The van der Waals surface area contributed by atoms with E-state index in [2.05, 4.69) is 16.6 Å². The maximum Gasteiger partial charge on any atom is 0.333 e. The smallest absolute Gasteiger partial charge is 0.333 e. The van der Waals surface area contributed by atoms with Crippen LogP contribution in [0.1, 0.15) is 13.3 Å². The minimum absolute atomic E-state index is 0.103. The van der Waals surface area contributed by atoms with Crippen LogP contribution in [0.15, 0.2) is 12.2 Å². The molecule has 0 aromatic rings. The molecule has 0 unspecified atom stereocenters. The maximum atomic E-state index is 10.8. The van der Waals surface area contributed by atoms with Crippen LogP contribution in [0.3, 0.4) is 0 Å². The van der Waals surface area contributed by atoms with Gasteiger partial charge in [-0.05, 0) is 6.92 Å². The standard InChI is InChI=1S/C8H13NO3/c1-6(2)8(11)12-5-4-7(10)9-3/h1,4-5H2,2-3H3,(H,9,10). The van der Waals surface area contributed by atoms with Crippen molar-refractivity contribution in [2.24, 2.45) is 0 Å². The van der Waals surface area contributed by atoms with E-state index >= 15 is 0 Å². The van der Waals surface area contributed by atoms with E-state index in [1.54, 1.807) is 6.92 Å². The van der Waals surface area contributed by atoms with E-state index in [-0.39, 0.29) is 18.9 Å². The SMILES string of the molecule is C=C(C)C(=O)OCCC(=O)NC. The summed E-state index contributed by atoms with van der Waals surface area (Å²) in [5.41, 5.74) is 0.340. The molecule has 0 fully saturated rings. The van der Waals surface area contributed by atoms with E-state index in [9.17, 15) is 9.59 Å². The van der Waals surface area contributed by atoms with Crippen molar-refractivity contribution in [3.05, 3.63) is 12.2 Å². The largest absolute Gasteiger partial charge is 0.462 e. The van der Waals surface area contributed by atoms with Gasteiger partial charge in [0.15, 0.2) is 0 Å². The monoisotopic (exact) mass is 171 g/mol. The number of rotatable bonds is 4. The lowest BCUT2D eigenvalue weighted by Gasteiger charge is -2.02. The molecular formula is C8H13NO3. The summed E-state index contributed by atoms with van der Waals surface area (Å²) in [6, 6.07) is 0. The summed E-state index contributed by atoms with van der Waals surface area (Å²) in [6.45, 7) is 5.06. The third-order valence-electron chi connectivity index (χ3n) is 1.19. The molecule has 0 aliphatic carbocycles. The van der Waals surface area contributed by atoms with Crippen LogP contribution in [0.25, 0.3) is 0 Å². The highest BCUT2D eigenvalue weighted by atomic mass is 16.5. The van der Waals surface area contributed by atoms with Gasteiger partial charge in [-0.1, -0.05) is 6.58 Å². The molecule has 0 spiro atoms. The molecule has 0 saturated carbocycles. The van der Waals surface area contributed by atoms with Crippen LogP contribution < -0.4 is 5.32 Å². The molecule has 4 nitrogen and oxygen atoms in total. The highest BCUT2D eigenvalue weighted by molar-refractivity contribution is 5.87. The second-order valence-electron chi connectivity index (χ2n) is 2.34. The van der Waals surface area contributed by atoms with Gasteiger partial charge >= 0.3 is 5.97 Å². The molecule has 1 amide bonds. The van der Waals surface area contributed by atoms with E-state index in [1.165, 1.54) is 7.05 Å². The van der Waals surface area contributed by atoms with Gasteiger partial charge in [0.25, 0.3) is 0 Å². The molecule has 4 heteroatoms. The minimum atomic E-state index is -0.459. The Hall–Kier alpha value is -1.32. The molecule has 0 bridgehead atoms. The van der Waals surface area contributed by atoms with Crippen molar-refractivity contribution in [2.45, 2.75) is 13.3 Å². The van der Waals surface area contributed by atoms with Gasteiger partial charge in [-0.3, -0.25) is 4.79 Å². The predicted octanol–water partition coefficient (Wildman–Crippen LogP) is 0.242. The summed E-state index contributed by atoms with van der Waals surface area (Å²) < 4.78 is 4.68. The molecule has 0 atom stereocenters. The van der Waals surface area contributed by atoms with Gasteiger partial charge < -0.3 is 10.1 Å². The Bertz CT molecular complexity index is 198. The Morgan fingerprint density at radius 3 is 2.50 bits per heavy atom. The molecule has 0 aromatic carbocycles. The molecule has 0 aromatic heterocycles. The van der Waals surface area contributed by atoms with Crippen LogP contribution in [-0.2, 0) is 14.3 Å². The van der Waals surface area contributed by atoms with Gasteiger partial charge in [-0.2, -0.15) is 0 Å². The average molecular weight is 171 g/mol. The number of nitrogens with one attached hydrogen (secondary N) is 1. The first-order valence-electron chi connectivity index (χ1n) is 3.61. The molecule has 12 heavy (non-hydrogen) atoms. The fourth-order valence-corrected chi connectivity index (χ4v) is 0.485. The first kappa shape index (κ1) is 10.7. The van der Waals surface area contributed by atoms with Gasteiger partial charge in [0.2, 0.25) is 5.91 Å². The summed E-state index contributed by atoms with van der Waals surface area (Å²) in [5, 5.41) is 2.42. The van der Waals surface area contributed by atoms with Crippen molar-refractivity contribution in [2.75, 3.05) is 13.7 Å². The van der Waals surface area contributed by atoms with E-state index < -0.39 is 5.97 Å². The van der Waals surface area contributed by atoms with Gasteiger partial charge in [0, 0.05) is 12.6 Å². The number of amides is 1. The van der Waals surface area contributed by atoms with Crippen molar-refractivity contribution < 1.29 is 14.3 Å². The number of ether oxygens (including phenoxy) is 1. The zero-order chi connectivity index (χ0) is 9.56. The maximum absolute atomic E-state index is 10.8. The topological polar surface area (TPSA) is 55.4 Å². The summed E-state index contributed by atoms with van der Waals surface area (Å²) in [5.74, 6) is -0.608. The Morgan fingerprint density at radius 2 is 2.08 bits per heavy atom. The number of carbonyl (C=O) groups excluding carboxylic acids is 2. The van der Waals surface area contributed by atoms with Crippen LogP contribution in [0, 0.1) is 0 Å². The highest BCUT2D eigenvalue weighted by Crippen LogP contribution is 1.92. The molecule has 0 saturated heterocycles. The van der Waals surface area contributed by atoms with Crippen molar-refractivity contribution in [1.29, 1.82) is 0 Å². The predicted molar refractivity (Wildman–Crippen MR) is 44.5 cm³/mol. The zero-order valence-electron chi connectivity index (χ0n) is 7.35. The van der Waals surface area contributed by atoms with Crippen molar-refractivity contribution in [3.63, 3.8) is 0 Å². The Kier molecular flexibility index (Phi) is 4.76. The molecule has 0 heterocycles. The molecule has 0 aliphatic heterocycles. The number of carbonyl (C=O) groups is 2. The summed E-state index contributed by atoms with van der Waals surface area (Å²) >= 11 is 0. The number of hydrogen-bond acceptors (Lipinski definition) is 3. The molecule has 68 valence electrons. The highest BCUT2D eigenvalue weighted by Gasteiger charge is 2.03. The molecule has 0 radical (unpaired) electrons. The summed E-state index contributed by atoms with van der Waals surface area (Å²) in [6.07, 6.45) is 0.190. The normalized spacial score (nSPS) is 8.83. The lowest BCUT2D eigenvalue weighted by Crippen LogP contribution is -2.20. The lowest BCUT2D eigenvalue weighted by molar-refractivity contribution is -0.139. The zero-order valence-corrected chi connectivity index (χ0v) is 7.35. The second-order valence-corrected chi connectivity index (χ2v) is 2.34. The van der Waals surface area contributed by atoms with Crippen LogP contribution >= 0.6 is 0 Å². The number of esters is 1. The van der Waals surface area contributed by atoms with Gasteiger partial charge in [-0.25, -0.2) is 4.79 Å². The summed E-state index contributed by atoms with van der Waals surface area (Å²) in [4.78, 5) is 21.4. The van der Waals surface area contributed by atoms with E-state index in [1.807, 2.05) is 0 Å². The van der Waals surface area contributed by atoms with Crippen LogP contribution in [-0.4, -0.2) is 25.5 Å². The minimum Gasteiger partial charge on any atom is -0.462 e. The van der Waals surface area contributed by atoms with Crippen molar-refractivity contribution >= 4 is 11.9 Å². The fraction of sp³-hybridized carbons (Fsp3) is 0.500. The Balaban J connectivity index is 3.50. The van der Waals surface area contributed by atoms with Crippen LogP contribution in [0.4, 0.5) is 0 Å². The molecule has 0 rings (SSSR count). The van der Waals surface area contributed by atoms with Crippen LogP contribution in [0.5, 0.6) is 0 Å². The average Bonchev–Trinajstić information content (AvgIpc) is 2.03. The first-order valence-corrected chi connectivity index (χ1v) is 3.61. The quantitative estimate of drug-likeness (QED) is 0.487. The molecule has 1 N–H and O–H groups in total. The Morgan fingerprint density at radius 1 is 1.50 bits per heavy atom. The van der Waals surface area contributed by atoms with Crippen molar-refractivity contribution in [3.8, 4) is 0 Å². The third kappa shape index (κ3) is 4.49. The van der Waals surface area contributed by atoms with E-state index in [0.29, 0.717) is 5.57 Å². The third-order valence-corrected chi connectivity index (χ3v) is 1.19. The fourth-order valence-electron chi connectivity index (χ4n) is 0.485. The molecular weight excluding hydrogens is 158 g/mol. The van der Waals surface area contributed by atoms with E-state index in [4.69, 9.17) is 0 Å². The van der Waals surface area contributed by atoms with Gasteiger partial charge in [-0.15, -0.1) is 0 Å². The van der Waals surface area contributed by atoms with Gasteiger partial charge in [0.1, 0.15) is 6.61 Å². The van der Waals surface area contributed by atoms with Gasteiger partial charge in [0.05, 0.1) is 6.42 Å². The first-order chi connectivity index (χ1) is 5.57. The summed E-state index contributed by atoms with van der Waals surface area (Å²) in [7, 11) is 1.53. The molecule has 0 aliphatic rings. The van der Waals surface area contributed by atoms with Crippen LogP contribution in [0.2, 0.25) is 0 Å². The Labute approximate surface area is 71.6 Å². The van der Waals surface area contributed by atoms with Crippen molar-refractivity contribution in [1.82, 2.24) is 5.32 Å². The van der Waals surface area contributed by atoms with E-state index in [0.717, 1.165) is 0 Å².